The van der Waals surface area contributed by atoms with Gasteiger partial charge in [-0.2, -0.15) is 0 Å². The van der Waals surface area contributed by atoms with Gasteiger partial charge >= 0.3 is 0 Å². The van der Waals surface area contributed by atoms with Gasteiger partial charge in [-0.15, -0.1) is 0 Å². The molecule has 11 heavy (non-hydrogen) atoms. The van der Waals surface area contributed by atoms with Gasteiger partial charge in [0.1, 0.15) is 5.69 Å². The molecule has 0 aliphatic rings. The fourth-order valence-electron chi connectivity index (χ4n) is 0.713. The van der Waals surface area contributed by atoms with Crippen LogP contribution in [0.4, 0.5) is 13.2 Å². The van der Waals surface area contributed by atoms with Gasteiger partial charge in [0.15, 0.2) is 5.82 Å². The molecule has 0 aromatic carbocycles. The SMILES string of the molecule is Cc1ccc(F)c(C(F)F)n1. The molecule has 0 unspecified atom stereocenters. The molecular weight excluding hydrogens is 155 g/mol. The molecule has 1 heterocycles. The highest BCUT2D eigenvalue weighted by Gasteiger charge is 2.14. The summed E-state index contributed by atoms with van der Waals surface area (Å²) >= 11 is 0. The standard InChI is InChI=1S/C7H6F3N/c1-4-2-3-5(8)6(11-4)7(9)10/h2-3,7H,1H3. The van der Waals surface area contributed by atoms with E-state index < -0.39 is 17.9 Å². The summed E-state index contributed by atoms with van der Waals surface area (Å²) in [5.74, 6) is -0.953. The Morgan fingerprint density at radius 2 is 2.00 bits per heavy atom. The Balaban J connectivity index is 3.13. The first-order valence-electron chi connectivity index (χ1n) is 3.02. The lowest BCUT2D eigenvalue weighted by atomic mass is 10.3. The third-order valence-electron chi connectivity index (χ3n) is 1.22. The van der Waals surface area contributed by atoms with Crippen LogP contribution in [-0.2, 0) is 0 Å². The molecule has 4 heteroatoms. The molecule has 0 radical (unpaired) electrons. The van der Waals surface area contributed by atoms with Gasteiger partial charge in [0.2, 0.25) is 0 Å². The molecule has 0 aliphatic heterocycles. The van der Waals surface area contributed by atoms with Crippen molar-refractivity contribution < 1.29 is 13.2 Å². The molecule has 1 aromatic rings. The minimum Gasteiger partial charge on any atom is -0.249 e. The van der Waals surface area contributed by atoms with Crippen molar-refractivity contribution >= 4 is 0 Å². The van der Waals surface area contributed by atoms with Gasteiger partial charge in [-0.1, -0.05) is 0 Å². The van der Waals surface area contributed by atoms with Crippen molar-refractivity contribution in [1.29, 1.82) is 0 Å². The number of hydrogen-bond acceptors (Lipinski definition) is 1. The van der Waals surface area contributed by atoms with Crippen molar-refractivity contribution in [3.63, 3.8) is 0 Å². The second-order valence-corrected chi connectivity index (χ2v) is 2.12. The fraction of sp³-hybridized carbons (Fsp3) is 0.286. The van der Waals surface area contributed by atoms with E-state index in [0.717, 1.165) is 6.07 Å². The molecule has 0 saturated carbocycles. The number of hydrogen-bond donors (Lipinski definition) is 0. The number of nitrogens with zero attached hydrogens (tertiary/aromatic N) is 1. The number of halogens is 3. The monoisotopic (exact) mass is 161 g/mol. The van der Waals surface area contributed by atoms with Gasteiger partial charge in [-0.25, -0.2) is 18.2 Å². The molecule has 1 nitrogen and oxygen atoms in total. The molecule has 0 amide bonds. The second-order valence-electron chi connectivity index (χ2n) is 2.12. The van der Waals surface area contributed by atoms with Crippen LogP contribution in [0.2, 0.25) is 0 Å². The van der Waals surface area contributed by atoms with E-state index in [1.54, 1.807) is 0 Å². The Morgan fingerprint density at radius 1 is 1.36 bits per heavy atom. The highest BCUT2D eigenvalue weighted by Crippen LogP contribution is 2.19. The molecule has 0 atom stereocenters. The zero-order valence-corrected chi connectivity index (χ0v) is 5.81. The average Bonchev–Trinajstić information content (AvgIpc) is 1.94. The van der Waals surface area contributed by atoms with Gasteiger partial charge in [-0.05, 0) is 19.1 Å². The minimum absolute atomic E-state index is 0.390. The van der Waals surface area contributed by atoms with E-state index in [1.807, 2.05) is 0 Å². The van der Waals surface area contributed by atoms with E-state index in [4.69, 9.17) is 0 Å². The van der Waals surface area contributed by atoms with E-state index in [1.165, 1.54) is 13.0 Å². The van der Waals surface area contributed by atoms with Crippen molar-refractivity contribution in [3.8, 4) is 0 Å². The van der Waals surface area contributed by atoms with Crippen LogP contribution in [0.15, 0.2) is 12.1 Å². The van der Waals surface area contributed by atoms with Crippen molar-refractivity contribution in [2.75, 3.05) is 0 Å². The lowest BCUT2D eigenvalue weighted by molar-refractivity contribution is 0.140. The third-order valence-corrected chi connectivity index (χ3v) is 1.22. The molecule has 60 valence electrons. The first-order valence-corrected chi connectivity index (χ1v) is 3.02. The van der Waals surface area contributed by atoms with Crippen molar-refractivity contribution in [2.45, 2.75) is 13.3 Å². The highest BCUT2D eigenvalue weighted by molar-refractivity contribution is 5.13. The normalized spacial score (nSPS) is 10.6. The van der Waals surface area contributed by atoms with Crippen LogP contribution >= 0.6 is 0 Å². The summed E-state index contributed by atoms with van der Waals surface area (Å²) in [7, 11) is 0. The Hall–Kier alpha value is -1.06. The van der Waals surface area contributed by atoms with E-state index in [9.17, 15) is 13.2 Å². The van der Waals surface area contributed by atoms with E-state index >= 15 is 0 Å². The largest absolute Gasteiger partial charge is 0.283 e. The average molecular weight is 161 g/mol. The molecule has 0 bridgehead atoms. The summed E-state index contributed by atoms with van der Waals surface area (Å²) in [6.45, 7) is 1.53. The minimum atomic E-state index is -2.84. The molecule has 0 saturated heterocycles. The number of aromatic nitrogens is 1. The highest BCUT2D eigenvalue weighted by atomic mass is 19.3. The summed E-state index contributed by atoms with van der Waals surface area (Å²) in [6, 6.07) is 2.34. The predicted octanol–water partition coefficient (Wildman–Crippen LogP) is 2.47. The molecule has 0 N–H and O–H groups in total. The first-order chi connectivity index (χ1) is 5.11. The zero-order valence-electron chi connectivity index (χ0n) is 5.81. The second kappa shape index (κ2) is 2.90. The number of rotatable bonds is 1. The Morgan fingerprint density at radius 3 is 2.45 bits per heavy atom. The van der Waals surface area contributed by atoms with Gasteiger partial charge in [0, 0.05) is 5.69 Å². The maximum atomic E-state index is 12.5. The van der Waals surface area contributed by atoms with Gasteiger partial charge in [0.05, 0.1) is 0 Å². The number of aryl methyl sites for hydroxylation is 1. The van der Waals surface area contributed by atoms with Gasteiger partial charge < -0.3 is 0 Å². The van der Waals surface area contributed by atoms with Crippen LogP contribution in [0, 0.1) is 12.7 Å². The Kier molecular flexibility index (Phi) is 2.12. The van der Waals surface area contributed by atoms with E-state index in [-0.39, 0.29) is 0 Å². The van der Waals surface area contributed by atoms with Crippen LogP contribution in [0.3, 0.4) is 0 Å². The lowest BCUT2D eigenvalue weighted by Gasteiger charge is -2.00. The van der Waals surface area contributed by atoms with Crippen LogP contribution in [0.25, 0.3) is 0 Å². The molecule has 1 aromatic heterocycles. The Bertz CT molecular complexity index is 260. The van der Waals surface area contributed by atoms with Crippen molar-refractivity contribution in [1.82, 2.24) is 4.98 Å². The molecule has 0 aliphatic carbocycles. The summed E-state index contributed by atoms with van der Waals surface area (Å²) in [6.07, 6.45) is -2.84. The Labute approximate surface area is 61.9 Å². The summed E-state index contributed by atoms with van der Waals surface area (Å²) < 4.78 is 36.3. The maximum Gasteiger partial charge on any atom is 0.283 e. The fourth-order valence-corrected chi connectivity index (χ4v) is 0.713. The summed E-state index contributed by atoms with van der Waals surface area (Å²) in [5, 5.41) is 0. The smallest absolute Gasteiger partial charge is 0.249 e. The lowest BCUT2D eigenvalue weighted by Crippen LogP contribution is -1.96. The number of alkyl halides is 2. The maximum absolute atomic E-state index is 12.5. The van der Waals surface area contributed by atoms with Gasteiger partial charge in [-0.3, -0.25) is 0 Å². The van der Waals surface area contributed by atoms with Crippen LogP contribution in [0.5, 0.6) is 0 Å². The zero-order chi connectivity index (χ0) is 8.43. The summed E-state index contributed by atoms with van der Waals surface area (Å²) in [5.41, 5.74) is -0.383. The van der Waals surface area contributed by atoms with Crippen LogP contribution < -0.4 is 0 Å². The number of pyridine rings is 1. The van der Waals surface area contributed by atoms with Gasteiger partial charge in [0.25, 0.3) is 6.43 Å². The topological polar surface area (TPSA) is 12.9 Å². The molecule has 0 fully saturated rings. The van der Waals surface area contributed by atoms with E-state index in [0.29, 0.717) is 5.69 Å². The molecular formula is C7H6F3N. The van der Waals surface area contributed by atoms with Crippen molar-refractivity contribution in [3.05, 3.63) is 29.3 Å². The third kappa shape index (κ3) is 1.69. The molecule has 0 spiro atoms. The molecule has 1 rings (SSSR count). The summed E-state index contributed by atoms with van der Waals surface area (Å²) in [4.78, 5) is 3.35. The predicted molar refractivity (Wildman–Crippen MR) is 33.9 cm³/mol. The van der Waals surface area contributed by atoms with Crippen LogP contribution in [-0.4, -0.2) is 4.98 Å². The van der Waals surface area contributed by atoms with E-state index in [2.05, 4.69) is 4.98 Å². The van der Waals surface area contributed by atoms with Crippen molar-refractivity contribution in [2.24, 2.45) is 0 Å². The van der Waals surface area contributed by atoms with Crippen LogP contribution in [0.1, 0.15) is 17.8 Å². The first kappa shape index (κ1) is 8.04. The quantitative estimate of drug-likeness (QED) is 0.616.